The predicted octanol–water partition coefficient (Wildman–Crippen LogP) is 0.516. The van der Waals surface area contributed by atoms with Crippen LogP contribution in [-0.4, -0.2) is 29.7 Å². The highest BCUT2D eigenvalue weighted by Gasteiger charge is 2.18. The summed E-state index contributed by atoms with van der Waals surface area (Å²) >= 11 is 0. The van der Waals surface area contributed by atoms with Crippen LogP contribution < -0.4 is 11.1 Å². The van der Waals surface area contributed by atoms with Crippen molar-refractivity contribution in [2.45, 2.75) is 18.9 Å². The number of nitrogens with two attached hydrogens (primary N) is 1. The minimum atomic E-state index is -0.0882. The number of ether oxygens (including phenoxy) is 1. The molecular formula is C11H17N3O2. The zero-order chi connectivity index (χ0) is 11.5. The average Bonchev–Trinajstić information content (AvgIpc) is 2.59. The highest BCUT2D eigenvalue weighted by Crippen LogP contribution is 2.11. The summed E-state index contributed by atoms with van der Waals surface area (Å²) in [5, 5.41) is 2.95. The minimum Gasteiger partial charge on any atom is -0.397 e. The number of anilines is 1. The van der Waals surface area contributed by atoms with Gasteiger partial charge in [-0.15, -0.1) is 0 Å². The number of nitrogens with one attached hydrogen (secondary N) is 1. The smallest absolute Gasteiger partial charge is 0.268 e. The van der Waals surface area contributed by atoms with Crippen molar-refractivity contribution >= 4 is 11.6 Å². The van der Waals surface area contributed by atoms with Crippen molar-refractivity contribution in [2.75, 3.05) is 18.9 Å². The lowest BCUT2D eigenvalue weighted by Gasteiger charge is -2.23. The van der Waals surface area contributed by atoms with E-state index < -0.39 is 0 Å². The first kappa shape index (κ1) is 11.0. The molecule has 1 aromatic rings. The summed E-state index contributed by atoms with van der Waals surface area (Å²) in [5.41, 5.74) is 6.82. The van der Waals surface area contributed by atoms with Crippen molar-refractivity contribution in [3.05, 3.63) is 18.0 Å². The molecule has 0 aromatic carbocycles. The molecule has 0 aliphatic carbocycles. The van der Waals surface area contributed by atoms with Crippen molar-refractivity contribution in [3.63, 3.8) is 0 Å². The van der Waals surface area contributed by atoms with Crippen LogP contribution in [0.2, 0.25) is 0 Å². The Balaban J connectivity index is 1.99. The van der Waals surface area contributed by atoms with Gasteiger partial charge in [-0.25, -0.2) is 0 Å². The summed E-state index contributed by atoms with van der Waals surface area (Å²) in [6, 6.07) is 1.80. The zero-order valence-corrected chi connectivity index (χ0v) is 9.40. The molecule has 1 fully saturated rings. The van der Waals surface area contributed by atoms with Gasteiger partial charge in [0.2, 0.25) is 0 Å². The number of rotatable bonds is 2. The Hall–Kier alpha value is -1.49. The number of aromatic nitrogens is 1. The van der Waals surface area contributed by atoms with E-state index in [2.05, 4.69) is 5.32 Å². The summed E-state index contributed by atoms with van der Waals surface area (Å²) in [6.45, 7) is 1.40. The fourth-order valence-electron chi connectivity index (χ4n) is 1.93. The molecular weight excluding hydrogens is 206 g/mol. The van der Waals surface area contributed by atoms with Gasteiger partial charge in [-0.05, 0) is 18.9 Å². The van der Waals surface area contributed by atoms with Gasteiger partial charge in [0, 0.05) is 19.9 Å². The molecule has 3 N–H and O–H groups in total. The lowest BCUT2D eigenvalue weighted by molar-refractivity contribution is 0.0620. The Bertz CT molecular complexity index is 381. The predicted molar refractivity (Wildman–Crippen MR) is 61.1 cm³/mol. The zero-order valence-electron chi connectivity index (χ0n) is 9.40. The Kier molecular flexibility index (Phi) is 3.14. The van der Waals surface area contributed by atoms with Crippen LogP contribution in [0.3, 0.4) is 0 Å². The molecule has 2 rings (SSSR count). The number of hydrogen-bond acceptors (Lipinski definition) is 3. The summed E-state index contributed by atoms with van der Waals surface area (Å²) < 4.78 is 7.04. The van der Waals surface area contributed by atoms with Gasteiger partial charge < -0.3 is 20.4 Å². The van der Waals surface area contributed by atoms with E-state index in [0.717, 1.165) is 19.4 Å². The SMILES string of the molecule is Cn1cc(N)cc1C(=O)NC1CCCOC1. The second kappa shape index (κ2) is 4.57. The normalized spacial score (nSPS) is 20.7. The summed E-state index contributed by atoms with van der Waals surface area (Å²) in [4.78, 5) is 11.9. The van der Waals surface area contributed by atoms with Gasteiger partial charge in [0.25, 0.3) is 5.91 Å². The number of nitrogens with zero attached hydrogens (tertiary/aromatic N) is 1. The van der Waals surface area contributed by atoms with E-state index in [1.165, 1.54) is 0 Å². The highest BCUT2D eigenvalue weighted by molar-refractivity contribution is 5.93. The molecule has 0 radical (unpaired) electrons. The molecule has 0 spiro atoms. The summed E-state index contributed by atoms with van der Waals surface area (Å²) in [6.07, 6.45) is 3.71. The molecule has 1 aromatic heterocycles. The van der Waals surface area contributed by atoms with Gasteiger partial charge in [-0.2, -0.15) is 0 Å². The molecule has 0 bridgehead atoms. The second-order valence-corrected chi connectivity index (χ2v) is 4.16. The molecule has 1 amide bonds. The van der Waals surface area contributed by atoms with Gasteiger partial charge in [-0.1, -0.05) is 0 Å². The number of amides is 1. The molecule has 1 aliphatic heterocycles. The van der Waals surface area contributed by atoms with Crippen molar-refractivity contribution in [3.8, 4) is 0 Å². The van der Waals surface area contributed by atoms with Crippen molar-refractivity contribution in [1.82, 2.24) is 9.88 Å². The Labute approximate surface area is 94.6 Å². The van der Waals surface area contributed by atoms with Gasteiger partial charge in [0.1, 0.15) is 5.69 Å². The topological polar surface area (TPSA) is 69.3 Å². The Morgan fingerprint density at radius 2 is 2.50 bits per heavy atom. The van der Waals surface area contributed by atoms with Gasteiger partial charge in [-0.3, -0.25) is 4.79 Å². The van der Waals surface area contributed by atoms with Crippen LogP contribution in [0.25, 0.3) is 0 Å². The number of aryl methyl sites for hydroxylation is 1. The lowest BCUT2D eigenvalue weighted by atomic mass is 10.1. The maximum Gasteiger partial charge on any atom is 0.268 e. The van der Waals surface area contributed by atoms with Crippen LogP contribution in [0.1, 0.15) is 23.3 Å². The van der Waals surface area contributed by atoms with E-state index in [9.17, 15) is 4.79 Å². The molecule has 2 heterocycles. The first-order valence-corrected chi connectivity index (χ1v) is 5.47. The summed E-state index contributed by atoms with van der Waals surface area (Å²) in [5.74, 6) is -0.0882. The average molecular weight is 223 g/mol. The number of hydrogen-bond donors (Lipinski definition) is 2. The largest absolute Gasteiger partial charge is 0.397 e. The van der Waals surface area contributed by atoms with Crippen molar-refractivity contribution in [1.29, 1.82) is 0 Å². The van der Waals surface area contributed by atoms with Crippen LogP contribution in [-0.2, 0) is 11.8 Å². The molecule has 5 nitrogen and oxygen atoms in total. The Morgan fingerprint density at radius 3 is 3.06 bits per heavy atom. The van der Waals surface area contributed by atoms with Crippen LogP contribution in [0.15, 0.2) is 12.3 Å². The fourth-order valence-corrected chi connectivity index (χ4v) is 1.93. The minimum absolute atomic E-state index is 0.0882. The van der Waals surface area contributed by atoms with Crippen LogP contribution in [0, 0.1) is 0 Å². The fraction of sp³-hybridized carbons (Fsp3) is 0.545. The molecule has 16 heavy (non-hydrogen) atoms. The van der Waals surface area contributed by atoms with Gasteiger partial charge in [0.05, 0.1) is 18.3 Å². The standard InChI is InChI=1S/C11H17N3O2/c1-14-6-8(12)5-10(14)11(15)13-9-3-2-4-16-7-9/h5-6,9H,2-4,7,12H2,1H3,(H,13,15). The molecule has 5 heteroatoms. The van der Waals surface area contributed by atoms with E-state index >= 15 is 0 Å². The van der Waals surface area contributed by atoms with E-state index in [-0.39, 0.29) is 11.9 Å². The van der Waals surface area contributed by atoms with Crippen LogP contribution in [0.4, 0.5) is 5.69 Å². The maximum atomic E-state index is 11.9. The van der Waals surface area contributed by atoms with Crippen molar-refractivity contribution < 1.29 is 9.53 Å². The lowest BCUT2D eigenvalue weighted by Crippen LogP contribution is -2.41. The number of nitrogen functional groups attached to an aromatic ring is 1. The maximum absolute atomic E-state index is 11.9. The molecule has 88 valence electrons. The molecule has 0 saturated carbocycles. The number of carbonyl (C=O) groups is 1. The molecule has 1 saturated heterocycles. The van der Waals surface area contributed by atoms with Gasteiger partial charge >= 0.3 is 0 Å². The second-order valence-electron chi connectivity index (χ2n) is 4.16. The quantitative estimate of drug-likeness (QED) is 0.767. The first-order chi connectivity index (χ1) is 7.66. The third-order valence-electron chi connectivity index (χ3n) is 2.75. The van der Waals surface area contributed by atoms with E-state index in [1.54, 1.807) is 16.8 Å². The monoisotopic (exact) mass is 223 g/mol. The van der Waals surface area contributed by atoms with E-state index in [1.807, 2.05) is 7.05 Å². The third-order valence-corrected chi connectivity index (χ3v) is 2.75. The molecule has 1 aliphatic rings. The van der Waals surface area contributed by atoms with Gasteiger partial charge in [0.15, 0.2) is 0 Å². The first-order valence-electron chi connectivity index (χ1n) is 5.47. The van der Waals surface area contributed by atoms with Crippen molar-refractivity contribution in [2.24, 2.45) is 7.05 Å². The number of carbonyl (C=O) groups excluding carboxylic acids is 1. The van der Waals surface area contributed by atoms with Crippen LogP contribution in [0.5, 0.6) is 0 Å². The molecule has 1 unspecified atom stereocenters. The Morgan fingerprint density at radius 1 is 1.69 bits per heavy atom. The third kappa shape index (κ3) is 2.36. The summed E-state index contributed by atoms with van der Waals surface area (Å²) in [7, 11) is 1.81. The molecule has 1 atom stereocenters. The van der Waals surface area contributed by atoms with E-state index in [0.29, 0.717) is 18.0 Å². The highest BCUT2D eigenvalue weighted by atomic mass is 16.5. The van der Waals surface area contributed by atoms with Crippen LogP contribution >= 0.6 is 0 Å². The van der Waals surface area contributed by atoms with E-state index in [4.69, 9.17) is 10.5 Å².